The first-order valence-electron chi connectivity index (χ1n) is 9.24. The number of thiophene rings is 1. The molecule has 1 aromatic heterocycles. The van der Waals surface area contributed by atoms with Gasteiger partial charge in [-0.3, -0.25) is 20.4 Å². The molecule has 2 amide bonds. The van der Waals surface area contributed by atoms with Gasteiger partial charge in [-0.05, 0) is 61.8 Å². The number of hydrogen-bond acceptors (Lipinski definition) is 4. The lowest BCUT2D eigenvalue weighted by Gasteiger charge is -2.30. The molecular formula is C20H23N3O2S. The third-order valence-electron chi connectivity index (χ3n) is 5.08. The Balaban J connectivity index is 1.33. The zero-order valence-electron chi connectivity index (χ0n) is 14.7. The van der Waals surface area contributed by atoms with Crippen LogP contribution in [0.25, 0.3) is 0 Å². The minimum absolute atomic E-state index is 0.198. The second-order valence-corrected chi connectivity index (χ2v) is 8.06. The maximum atomic E-state index is 12.3. The van der Waals surface area contributed by atoms with Crippen molar-refractivity contribution in [3.8, 4) is 0 Å². The van der Waals surface area contributed by atoms with Crippen molar-refractivity contribution in [3.05, 3.63) is 51.2 Å². The summed E-state index contributed by atoms with van der Waals surface area (Å²) in [6.45, 7) is 1.11. The predicted octanol–water partition coefficient (Wildman–Crippen LogP) is 2.84. The number of carbonyl (C=O) groups is 2. The highest BCUT2D eigenvalue weighted by Crippen LogP contribution is 2.29. The Labute approximate surface area is 157 Å². The molecule has 4 rings (SSSR count). The standard InChI is InChI=1S/C20H23N3O2S/c24-19(13-23-11-5-8-14-6-1-3-9-16(14)23)21-22-20(25)18-12-15-7-2-4-10-17(15)26-18/h1,3,6,9,12H,2,4-5,7-8,10-11,13H2,(H,21,24)(H,22,25). The molecule has 2 heterocycles. The van der Waals surface area contributed by atoms with Crippen molar-refractivity contribution in [1.82, 2.24) is 10.9 Å². The molecule has 2 aliphatic rings. The summed E-state index contributed by atoms with van der Waals surface area (Å²) < 4.78 is 0. The minimum atomic E-state index is -0.225. The van der Waals surface area contributed by atoms with Crippen LogP contribution in [-0.4, -0.2) is 24.9 Å². The number of anilines is 1. The van der Waals surface area contributed by atoms with E-state index in [9.17, 15) is 9.59 Å². The summed E-state index contributed by atoms with van der Waals surface area (Å²) in [5.74, 6) is -0.423. The molecule has 136 valence electrons. The summed E-state index contributed by atoms with van der Waals surface area (Å²) in [5, 5.41) is 0. The van der Waals surface area contributed by atoms with Crippen molar-refractivity contribution in [2.24, 2.45) is 0 Å². The number of hydrazine groups is 1. The lowest BCUT2D eigenvalue weighted by atomic mass is 9.99. The Morgan fingerprint density at radius 2 is 1.81 bits per heavy atom. The number of nitrogens with one attached hydrogen (secondary N) is 2. The van der Waals surface area contributed by atoms with Gasteiger partial charge in [-0.15, -0.1) is 11.3 Å². The second-order valence-electron chi connectivity index (χ2n) is 6.92. The Morgan fingerprint density at radius 3 is 2.69 bits per heavy atom. The third kappa shape index (κ3) is 3.60. The average Bonchev–Trinajstić information content (AvgIpc) is 3.11. The van der Waals surface area contributed by atoms with E-state index in [2.05, 4.69) is 27.9 Å². The van der Waals surface area contributed by atoms with Crippen molar-refractivity contribution in [2.45, 2.75) is 38.5 Å². The molecule has 1 aliphatic carbocycles. The average molecular weight is 369 g/mol. The number of aryl methyl sites for hydroxylation is 3. The van der Waals surface area contributed by atoms with Crippen LogP contribution >= 0.6 is 11.3 Å². The van der Waals surface area contributed by atoms with Crippen molar-refractivity contribution < 1.29 is 9.59 Å². The first kappa shape index (κ1) is 17.1. The quantitative estimate of drug-likeness (QED) is 0.818. The number of amides is 2. The summed E-state index contributed by atoms with van der Waals surface area (Å²) in [6.07, 6.45) is 6.60. The molecule has 6 heteroatoms. The molecule has 0 spiro atoms. The number of fused-ring (bicyclic) bond motifs is 2. The van der Waals surface area contributed by atoms with Crippen LogP contribution in [0.1, 0.15) is 44.9 Å². The van der Waals surface area contributed by atoms with Crippen molar-refractivity contribution in [2.75, 3.05) is 18.0 Å². The van der Waals surface area contributed by atoms with E-state index in [0.29, 0.717) is 4.88 Å². The SMILES string of the molecule is O=C(CN1CCCc2ccccc21)NNC(=O)c1cc2c(s1)CCCC2. The monoisotopic (exact) mass is 369 g/mol. The molecule has 1 aromatic carbocycles. The van der Waals surface area contributed by atoms with Crippen LogP contribution in [0, 0.1) is 0 Å². The smallest absolute Gasteiger partial charge is 0.279 e. The van der Waals surface area contributed by atoms with Gasteiger partial charge < -0.3 is 4.90 Å². The van der Waals surface area contributed by atoms with E-state index in [1.54, 1.807) is 11.3 Å². The normalized spacial score (nSPS) is 15.8. The summed E-state index contributed by atoms with van der Waals surface area (Å²) in [7, 11) is 0. The lowest BCUT2D eigenvalue weighted by Crippen LogP contribution is -2.47. The second kappa shape index (κ2) is 7.50. The Kier molecular flexibility index (Phi) is 4.93. The van der Waals surface area contributed by atoms with Gasteiger partial charge in [-0.2, -0.15) is 0 Å². The number of para-hydroxylation sites is 1. The van der Waals surface area contributed by atoms with Crippen molar-refractivity contribution in [1.29, 1.82) is 0 Å². The fourth-order valence-electron chi connectivity index (χ4n) is 3.78. The molecule has 0 atom stereocenters. The van der Waals surface area contributed by atoms with E-state index in [0.717, 1.165) is 37.9 Å². The highest BCUT2D eigenvalue weighted by atomic mass is 32.1. The molecule has 0 radical (unpaired) electrons. The molecule has 1 aliphatic heterocycles. The molecule has 0 fully saturated rings. The van der Waals surface area contributed by atoms with Gasteiger partial charge in [0.05, 0.1) is 11.4 Å². The fourth-order valence-corrected chi connectivity index (χ4v) is 4.93. The van der Waals surface area contributed by atoms with Crippen LogP contribution in [0.5, 0.6) is 0 Å². The first-order chi connectivity index (χ1) is 12.7. The molecule has 0 unspecified atom stereocenters. The molecule has 0 saturated heterocycles. The zero-order valence-corrected chi connectivity index (χ0v) is 15.5. The van der Waals surface area contributed by atoms with Gasteiger partial charge in [0, 0.05) is 17.1 Å². The Morgan fingerprint density at radius 1 is 1.00 bits per heavy atom. The highest BCUT2D eigenvalue weighted by molar-refractivity contribution is 7.14. The van der Waals surface area contributed by atoms with Gasteiger partial charge in [-0.1, -0.05) is 18.2 Å². The maximum absolute atomic E-state index is 12.3. The Hall–Kier alpha value is -2.34. The largest absolute Gasteiger partial charge is 0.362 e. The number of hydrogen-bond donors (Lipinski definition) is 2. The van der Waals surface area contributed by atoms with E-state index < -0.39 is 0 Å². The van der Waals surface area contributed by atoms with E-state index in [4.69, 9.17) is 0 Å². The van der Waals surface area contributed by atoms with Gasteiger partial charge >= 0.3 is 0 Å². The van der Waals surface area contributed by atoms with Crippen LogP contribution in [0.4, 0.5) is 5.69 Å². The van der Waals surface area contributed by atoms with Crippen LogP contribution in [0.3, 0.4) is 0 Å². The molecule has 2 N–H and O–H groups in total. The van der Waals surface area contributed by atoms with E-state index in [1.807, 2.05) is 18.2 Å². The number of carbonyl (C=O) groups excluding carboxylic acids is 2. The molecule has 0 saturated carbocycles. The summed E-state index contributed by atoms with van der Waals surface area (Å²) in [4.78, 5) is 28.7. The van der Waals surface area contributed by atoms with Gasteiger partial charge in [-0.25, -0.2) is 0 Å². The predicted molar refractivity (Wildman–Crippen MR) is 104 cm³/mol. The van der Waals surface area contributed by atoms with Crippen molar-refractivity contribution >= 4 is 28.8 Å². The highest BCUT2D eigenvalue weighted by Gasteiger charge is 2.20. The van der Waals surface area contributed by atoms with Crippen molar-refractivity contribution in [3.63, 3.8) is 0 Å². The van der Waals surface area contributed by atoms with E-state index >= 15 is 0 Å². The van der Waals surface area contributed by atoms with E-state index in [-0.39, 0.29) is 18.4 Å². The maximum Gasteiger partial charge on any atom is 0.279 e. The Bertz CT molecular complexity index is 807. The summed E-state index contributed by atoms with van der Waals surface area (Å²) in [6, 6.07) is 10.2. The molecule has 5 nitrogen and oxygen atoms in total. The van der Waals surface area contributed by atoms with Gasteiger partial charge in [0.25, 0.3) is 11.8 Å². The first-order valence-corrected chi connectivity index (χ1v) is 10.1. The molecule has 0 bridgehead atoms. The molecule has 2 aromatic rings. The third-order valence-corrected chi connectivity index (χ3v) is 6.31. The lowest BCUT2D eigenvalue weighted by molar-refractivity contribution is -0.120. The van der Waals surface area contributed by atoms with Crippen LogP contribution in [0.15, 0.2) is 30.3 Å². The van der Waals surface area contributed by atoms with Gasteiger partial charge in [0.1, 0.15) is 0 Å². The topological polar surface area (TPSA) is 61.4 Å². The number of nitrogens with zero attached hydrogens (tertiary/aromatic N) is 1. The van der Waals surface area contributed by atoms with Gasteiger partial charge in [0.2, 0.25) is 0 Å². The van der Waals surface area contributed by atoms with Crippen LogP contribution in [0.2, 0.25) is 0 Å². The summed E-state index contributed by atoms with van der Waals surface area (Å²) >= 11 is 1.55. The number of benzene rings is 1. The van der Waals surface area contributed by atoms with Gasteiger partial charge in [0.15, 0.2) is 0 Å². The fraction of sp³-hybridized carbons (Fsp3) is 0.400. The van der Waals surface area contributed by atoms with Crippen LogP contribution in [-0.2, 0) is 24.1 Å². The van der Waals surface area contributed by atoms with Crippen LogP contribution < -0.4 is 15.8 Å². The van der Waals surface area contributed by atoms with E-state index in [1.165, 1.54) is 28.8 Å². The summed E-state index contributed by atoms with van der Waals surface area (Å²) in [5.41, 5.74) is 8.82. The molecular weight excluding hydrogens is 346 g/mol. The number of rotatable bonds is 3. The minimum Gasteiger partial charge on any atom is -0.362 e. The zero-order chi connectivity index (χ0) is 17.9. The molecule has 26 heavy (non-hydrogen) atoms.